The summed E-state index contributed by atoms with van der Waals surface area (Å²) in [6.07, 6.45) is 9.17. The third-order valence-corrected chi connectivity index (χ3v) is 5.99. The van der Waals surface area contributed by atoms with E-state index >= 15 is 0 Å². The Morgan fingerprint density at radius 1 is 0.765 bits per heavy atom. The van der Waals surface area contributed by atoms with E-state index < -0.39 is 0 Å². The topological polar surface area (TPSA) is 32.5 Å². The molecule has 0 atom stereocenters. The first-order valence-corrected chi connectivity index (χ1v) is 7.48. The maximum atomic E-state index is 5.90. The zero-order valence-electron chi connectivity index (χ0n) is 10.8. The quantitative estimate of drug-likeness (QED) is 0.698. The summed E-state index contributed by atoms with van der Waals surface area (Å²) in [5.74, 6) is 9.10. The van der Waals surface area contributed by atoms with Gasteiger partial charge in [-0.1, -0.05) is 0 Å². The molecular formula is C14H25N3. The molecule has 96 valence electrons. The van der Waals surface area contributed by atoms with Gasteiger partial charge in [-0.25, -0.2) is 5.01 Å². The summed E-state index contributed by atoms with van der Waals surface area (Å²) < 4.78 is 0. The fourth-order valence-corrected chi connectivity index (χ4v) is 5.65. The van der Waals surface area contributed by atoms with E-state index in [1.165, 1.54) is 32.4 Å². The summed E-state index contributed by atoms with van der Waals surface area (Å²) in [4.78, 5) is 2.82. The molecule has 4 aliphatic carbocycles. The zero-order chi connectivity index (χ0) is 11.5. The molecular weight excluding hydrogens is 210 g/mol. The molecule has 17 heavy (non-hydrogen) atoms. The molecule has 0 aromatic heterocycles. The van der Waals surface area contributed by atoms with E-state index in [4.69, 9.17) is 5.84 Å². The van der Waals surface area contributed by atoms with Crippen LogP contribution in [0.5, 0.6) is 0 Å². The minimum Gasteiger partial charge on any atom is -0.295 e. The highest BCUT2D eigenvalue weighted by Crippen LogP contribution is 2.57. The van der Waals surface area contributed by atoms with Crippen LogP contribution in [0.4, 0.5) is 0 Å². The molecule has 4 saturated carbocycles. The van der Waals surface area contributed by atoms with Crippen molar-refractivity contribution >= 4 is 0 Å². The largest absolute Gasteiger partial charge is 0.295 e. The van der Waals surface area contributed by atoms with E-state index in [9.17, 15) is 0 Å². The van der Waals surface area contributed by atoms with Crippen molar-refractivity contribution in [3.8, 4) is 0 Å². The van der Waals surface area contributed by atoms with E-state index in [0.29, 0.717) is 5.54 Å². The van der Waals surface area contributed by atoms with Gasteiger partial charge in [-0.2, -0.15) is 0 Å². The highest BCUT2D eigenvalue weighted by molar-refractivity contribution is 5.07. The van der Waals surface area contributed by atoms with Crippen LogP contribution in [0.2, 0.25) is 0 Å². The summed E-state index contributed by atoms with van der Waals surface area (Å²) in [5, 5.41) is 2.00. The second kappa shape index (κ2) is 3.69. The SMILES string of the molecule is NN1CCN(C23CC4CC(CC(C4)C2)C3)CC1. The Bertz CT molecular complexity index is 271. The lowest BCUT2D eigenvalue weighted by atomic mass is 9.52. The summed E-state index contributed by atoms with van der Waals surface area (Å²) in [6, 6.07) is 0. The van der Waals surface area contributed by atoms with Gasteiger partial charge in [0.2, 0.25) is 0 Å². The molecule has 5 rings (SSSR count). The number of hydrazine groups is 1. The Hall–Kier alpha value is -0.120. The summed E-state index contributed by atoms with van der Waals surface area (Å²) in [7, 11) is 0. The van der Waals surface area contributed by atoms with Gasteiger partial charge >= 0.3 is 0 Å². The lowest BCUT2D eigenvalue weighted by Crippen LogP contribution is -2.64. The van der Waals surface area contributed by atoms with Gasteiger partial charge in [-0.15, -0.1) is 0 Å². The third kappa shape index (κ3) is 1.66. The average molecular weight is 235 g/mol. The maximum Gasteiger partial charge on any atom is 0.0257 e. The Morgan fingerprint density at radius 2 is 1.24 bits per heavy atom. The van der Waals surface area contributed by atoms with E-state index in [1.807, 2.05) is 5.01 Å². The lowest BCUT2D eigenvalue weighted by molar-refractivity contribution is -0.101. The van der Waals surface area contributed by atoms with Gasteiger partial charge in [0.25, 0.3) is 0 Å². The van der Waals surface area contributed by atoms with Crippen molar-refractivity contribution in [3.05, 3.63) is 0 Å². The predicted octanol–water partition coefficient (Wildman–Crippen LogP) is 1.45. The first-order valence-electron chi connectivity index (χ1n) is 7.48. The van der Waals surface area contributed by atoms with Crippen LogP contribution in [0.25, 0.3) is 0 Å². The minimum atomic E-state index is 0.607. The van der Waals surface area contributed by atoms with Crippen molar-refractivity contribution < 1.29 is 0 Å². The van der Waals surface area contributed by atoms with Gasteiger partial charge in [0.05, 0.1) is 0 Å². The molecule has 0 amide bonds. The first kappa shape index (κ1) is 10.8. The number of nitrogens with two attached hydrogens (primary N) is 1. The predicted molar refractivity (Wildman–Crippen MR) is 68.2 cm³/mol. The molecule has 5 aliphatic rings. The Labute approximate surface area is 104 Å². The molecule has 0 aromatic rings. The van der Waals surface area contributed by atoms with Gasteiger partial charge in [0.15, 0.2) is 0 Å². The molecule has 1 saturated heterocycles. The van der Waals surface area contributed by atoms with Crippen LogP contribution in [0, 0.1) is 17.8 Å². The molecule has 0 radical (unpaired) electrons. The lowest BCUT2D eigenvalue weighted by Gasteiger charge is -2.61. The Kier molecular flexibility index (Phi) is 2.34. The molecule has 1 heterocycles. The second-order valence-corrected chi connectivity index (χ2v) is 7.16. The van der Waals surface area contributed by atoms with Gasteiger partial charge in [0, 0.05) is 31.7 Å². The smallest absolute Gasteiger partial charge is 0.0257 e. The van der Waals surface area contributed by atoms with Gasteiger partial charge in [-0.05, 0) is 56.3 Å². The summed E-state index contributed by atoms with van der Waals surface area (Å²) >= 11 is 0. The number of nitrogens with zero attached hydrogens (tertiary/aromatic N) is 2. The molecule has 5 fully saturated rings. The second-order valence-electron chi connectivity index (χ2n) is 7.16. The first-order chi connectivity index (χ1) is 8.23. The minimum absolute atomic E-state index is 0.607. The highest BCUT2D eigenvalue weighted by Gasteiger charge is 2.53. The Morgan fingerprint density at radius 3 is 1.71 bits per heavy atom. The molecule has 0 unspecified atom stereocenters. The van der Waals surface area contributed by atoms with Crippen LogP contribution in [0.1, 0.15) is 38.5 Å². The van der Waals surface area contributed by atoms with Gasteiger partial charge in [-0.3, -0.25) is 10.7 Å². The molecule has 2 N–H and O–H groups in total. The molecule has 1 aliphatic heterocycles. The van der Waals surface area contributed by atoms with Gasteiger partial charge < -0.3 is 0 Å². The van der Waals surface area contributed by atoms with Crippen molar-refractivity contribution in [1.29, 1.82) is 0 Å². The van der Waals surface area contributed by atoms with Crippen molar-refractivity contribution in [2.45, 2.75) is 44.1 Å². The molecule has 0 aromatic carbocycles. The van der Waals surface area contributed by atoms with Crippen LogP contribution in [-0.4, -0.2) is 41.6 Å². The monoisotopic (exact) mass is 235 g/mol. The number of hydrogen-bond acceptors (Lipinski definition) is 3. The maximum absolute atomic E-state index is 5.90. The molecule has 3 heteroatoms. The van der Waals surface area contributed by atoms with Crippen LogP contribution >= 0.6 is 0 Å². The number of hydrogen-bond donors (Lipinski definition) is 1. The number of piperazine rings is 1. The highest BCUT2D eigenvalue weighted by atomic mass is 15.4. The zero-order valence-corrected chi connectivity index (χ0v) is 10.8. The Balaban J connectivity index is 1.56. The van der Waals surface area contributed by atoms with E-state index in [1.54, 1.807) is 19.3 Å². The fourth-order valence-electron chi connectivity index (χ4n) is 5.65. The van der Waals surface area contributed by atoms with Crippen molar-refractivity contribution in [3.63, 3.8) is 0 Å². The van der Waals surface area contributed by atoms with Crippen molar-refractivity contribution in [2.75, 3.05) is 26.2 Å². The standard InChI is InChI=1S/C14H25N3/c15-17-3-1-16(2-4-17)14-8-11-5-12(9-14)7-13(6-11)10-14/h11-13H,1-10,15H2. The average Bonchev–Trinajstić information content (AvgIpc) is 2.27. The van der Waals surface area contributed by atoms with Crippen LogP contribution < -0.4 is 5.84 Å². The molecule has 3 nitrogen and oxygen atoms in total. The summed E-state index contributed by atoms with van der Waals surface area (Å²) in [6.45, 7) is 4.56. The molecule has 0 spiro atoms. The van der Waals surface area contributed by atoms with E-state index in [-0.39, 0.29) is 0 Å². The van der Waals surface area contributed by atoms with Gasteiger partial charge in [0.1, 0.15) is 0 Å². The van der Waals surface area contributed by atoms with Crippen LogP contribution in [-0.2, 0) is 0 Å². The molecule has 4 bridgehead atoms. The van der Waals surface area contributed by atoms with Crippen molar-refractivity contribution in [1.82, 2.24) is 9.91 Å². The summed E-state index contributed by atoms with van der Waals surface area (Å²) in [5.41, 5.74) is 0.607. The van der Waals surface area contributed by atoms with Crippen LogP contribution in [0.15, 0.2) is 0 Å². The third-order valence-electron chi connectivity index (χ3n) is 5.99. The van der Waals surface area contributed by atoms with E-state index in [2.05, 4.69) is 4.90 Å². The fraction of sp³-hybridized carbons (Fsp3) is 1.00. The van der Waals surface area contributed by atoms with Crippen molar-refractivity contribution in [2.24, 2.45) is 23.6 Å². The number of rotatable bonds is 1. The van der Waals surface area contributed by atoms with Crippen LogP contribution in [0.3, 0.4) is 0 Å². The normalized spacial score (nSPS) is 51.0. The van der Waals surface area contributed by atoms with E-state index in [0.717, 1.165) is 30.8 Å².